The fourth-order valence-electron chi connectivity index (χ4n) is 5.19. The average molecular weight is 387 g/mol. The number of hydrogen-bond acceptors (Lipinski definition) is 4. The van der Waals surface area contributed by atoms with Gasteiger partial charge in [-0.05, 0) is 53.7 Å². The average Bonchev–Trinajstić information content (AvgIpc) is 3.13. The molecule has 1 aromatic rings. The van der Waals surface area contributed by atoms with Crippen molar-refractivity contribution in [3.8, 4) is 0 Å². The van der Waals surface area contributed by atoms with Gasteiger partial charge in [-0.2, -0.15) is 0 Å². The summed E-state index contributed by atoms with van der Waals surface area (Å²) in [4.78, 5) is 37.7. The molecule has 0 spiro atoms. The molecule has 2 bridgehead atoms. The lowest BCUT2D eigenvalue weighted by atomic mass is 9.69. The van der Waals surface area contributed by atoms with Crippen LogP contribution in [-0.4, -0.2) is 33.7 Å². The second kappa shape index (κ2) is 6.36. The van der Waals surface area contributed by atoms with E-state index in [0.717, 1.165) is 30.2 Å². The van der Waals surface area contributed by atoms with Crippen molar-refractivity contribution in [3.05, 3.63) is 35.4 Å². The molecule has 3 fully saturated rings. The maximum atomic E-state index is 12.9. The van der Waals surface area contributed by atoms with Gasteiger partial charge in [0, 0.05) is 11.6 Å². The minimum absolute atomic E-state index is 0.0696. The molecule has 2 saturated carbocycles. The first-order valence-electron chi connectivity index (χ1n) is 9.59. The standard InChI is InChI=1S/C21H26N2O3S/c1-20(2)15-7-8-21(20,3)16(10-15)22-18(25)14-6-4-5-13(9-14)11-23-17(24)12-27-19(23)26/h4-6,9,15-16H,7-8,10-12H2,1-3H3,(H,22,25). The van der Waals surface area contributed by atoms with Gasteiger partial charge in [0.2, 0.25) is 5.91 Å². The largest absolute Gasteiger partial charge is 0.349 e. The molecule has 1 aliphatic heterocycles. The lowest BCUT2D eigenvalue weighted by Crippen LogP contribution is -2.46. The van der Waals surface area contributed by atoms with E-state index in [4.69, 9.17) is 0 Å². The summed E-state index contributed by atoms with van der Waals surface area (Å²) in [6.45, 7) is 7.20. The summed E-state index contributed by atoms with van der Waals surface area (Å²) in [6, 6.07) is 7.44. The van der Waals surface area contributed by atoms with Crippen LogP contribution >= 0.6 is 11.8 Å². The number of nitrogens with one attached hydrogen (secondary N) is 1. The predicted octanol–water partition coefficient (Wildman–Crippen LogP) is 3.83. The lowest BCUT2D eigenvalue weighted by Gasteiger charge is -2.39. The molecule has 1 aromatic carbocycles. The Hall–Kier alpha value is -1.82. The SMILES string of the molecule is CC1(C)C2CCC1(C)C(NC(=O)c1cccc(CN3C(=O)CSC3=O)c1)C2. The van der Waals surface area contributed by atoms with Crippen molar-refractivity contribution in [2.45, 2.75) is 52.6 Å². The Kier molecular flexibility index (Phi) is 4.37. The first-order valence-corrected chi connectivity index (χ1v) is 10.6. The van der Waals surface area contributed by atoms with Crippen LogP contribution in [0.5, 0.6) is 0 Å². The molecule has 2 aliphatic carbocycles. The molecule has 3 aliphatic rings. The third kappa shape index (κ3) is 2.89. The molecule has 6 heteroatoms. The molecule has 3 unspecified atom stereocenters. The quantitative estimate of drug-likeness (QED) is 0.854. The van der Waals surface area contributed by atoms with Crippen LogP contribution in [0.1, 0.15) is 56.0 Å². The van der Waals surface area contributed by atoms with Crippen LogP contribution in [-0.2, 0) is 11.3 Å². The van der Waals surface area contributed by atoms with Crippen LogP contribution in [0.3, 0.4) is 0 Å². The molecular formula is C21H26N2O3S. The van der Waals surface area contributed by atoms with Gasteiger partial charge in [-0.15, -0.1) is 0 Å². The minimum atomic E-state index is -0.216. The summed E-state index contributed by atoms with van der Waals surface area (Å²) in [5.74, 6) is 0.636. The van der Waals surface area contributed by atoms with E-state index in [1.54, 1.807) is 12.1 Å². The number of rotatable bonds is 4. The topological polar surface area (TPSA) is 66.5 Å². The number of benzene rings is 1. The molecule has 4 rings (SSSR count). The van der Waals surface area contributed by atoms with Crippen LogP contribution < -0.4 is 5.32 Å². The van der Waals surface area contributed by atoms with Crippen molar-refractivity contribution >= 4 is 28.8 Å². The van der Waals surface area contributed by atoms with Gasteiger partial charge in [0.25, 0.3) is 11.1 Å². The van der Waals surface area contributed by atoms with Crippen LogP contribution in [0, 0.1) is 16.7 Å². The van der Waals surface area contributed by atoms with Gasteiger partial charge in [-0.1, -0.05) is 44.7 Å². The number of amides is 3. The number of carbonyl (C=O) groups excluding carboxylic acids is 3. The summed E-state index contributed by atoms with van der Waals surface area (Å²) in [5, 5.41) is 3.05. The van der Waals surface area contributed by atoms with Crippen LogP contribution in [0.25, 0.3) is 0 Å². The van der Waals surface area contributed by atoms with Crippen molar-refractivity contribution in [3.63, 3.8) is 0 Å². The third-order valence-electron chi connectivity index (χ3n) is 7.47. The maximum absolute atomic E-state index is 12.9. The Balaban J connectivity index is 1.47. The van der Waals surface area contributed by atoms with Gasteiger partial charge >= 0.3 is 0 Å². The summed E-state index contributed by atoms with van der Waals surface area (Å²) in [6.07, 6.45) is 3.46. The van der Waals surface area contributed by atoms with Crippen molar-refractivity contribution in [2.24, 2.45) is 16.7 Å². The Labute approximate surface area is 164 Å². The smallest absolute Gasteiger partial charge is 0.289 e. The highest BCUT2D eigenvalue weighted by Gasteiger charge is 2.61. The van der Waals surface area contributed by atoms with Gasteiger partial charge in [-0.3, -0.25) is 19.3 Å². The van der Waals surface area contributed by atoms with Crippen molar-refractivity contribution < 1.29 is 14.4 Å². The molecule has 3 atom stereocenters. The number of carbonyl (C=O) groups is 3. The summed E-state index contributed by atoms with van der Waals surface area (Å²) in [5.41, 5.74) is 1.77. The van der Waals surface area contributed by atoms with E-state index in [1.165, 1.54) is 11.3 Å². The second-order valence-corrected chi connectivity index (χ2v) is 9.80. The number of hydrogen-bond donors (Lipinski definition) is 1. The van der Waals surface area contributed by atoms with Crippen LogP contribution in [0.4, 0.5) is 4.79 Å². The number of imide groups is 1. The minimum Gasteiger partial charge on any atom is -0.349 e. The van der Waals surface area contributed by atoms with E-state index in [0.29, 0.717) is 11.5 Å². The van der Waals surface area contributed by atoms with E-state index < -0.39 is 0 Å². The molecule has 0 radical (unpaired) electrons. The second-order valence-electron chi connectivity index (χ2n) is 8.87. The zero-order valence-electron chi connectivity index (χ0n) is 16.1. The molecule has 1 N–H and O–H groups in total. The van der Waals surface area contributed by atoms with Gasteiger partial charge in [0.1, 0.15) is 0 Å². The Bertz CT molecular complexity index is 805. The van der Waals surface area contributed by atoms with Gasteiger partial charge < -0.3 is 5.32 Å². The maximum Gasteiger partial charge on any atom is 0.289 e. The van der Waals surface area contributed by atoms with E-state index in [-0.39, 0.29) is 46.2 Å². The van der Waals surface area contributed by atoms with E-state index >= 15 is 0 Å². The number of thioether (sulfide) groups is 1. The summed E-state index contributed by atoms with van der Waals surface area (Å²) < 4.78 is 0. The third-order valence-corrected chi connectivity index (χ3v) is 8.33. The Morgan fingerprint density at radius 3 is 2.67 bits per heavy atom. The van der Waals surface area contributed by atoms with Gasteiger partial charge in [0.15, 0.2) is 0 Å². The van der Waals surface area contributed by atoms with Crippen LogP contribution in [0.2, 0.25) is 0 Å². The molecule has 3 amide bonds. The predicted molar refractivity (Wildman–Crippen MR) is 105 cm³/mol. The van der Waals surface area contributed by atoms with Crippen molar-refractivity contribution in [1.29, 1.82) is 0 Å². The highest BCUT2D eigenvalue weighted by Crippen LogP contribution is 2.65. The highest BCUT2D eigenvalue weighted by atomic mass is 32.2. The van der Waals surface area contributed by atoms with Crippen molar-refractivity contribution in [2.75, 3.05) is 5.75 Å². The normalized spacial score (nSPS) is 31.6. The van der Waals surface area contributed by atoms with Crippen molar-refractivity contribution in [1.82, 2.24) is 10.2 Å². The fourth-order valence-corrected chi connectivity index (χ4v) is 5.92. The van der Waals surface area contributed by atoms with E-state index in [1.807, 2.05) is 12.1 Å². The monoisotopic (exact) mass is 386 g/mol. The lowest BCUT2D eigenvalue weighted by molar-refractivity contribution is -0.125. The Morgan fingerprint density at radius 2 is 2.07 bits per heavy atom. The molecule has 0 aromatic heterocycles. The zero-order valence-corrected chi connectivity index (χ0v) is 16.9. The number of nitrogens with zero attached hydrogens (tertiary/aromatic N) is 1. The fraction of sp³-hybridized carbons (Fsp3) is 0.571. The Morgan fingerprint density at radius 1 is 1.30 bits per heavy atom. The molecular weight excluding hydrogens is 360 g/mol. The highest BCUT2D eigenvalue weighted by molar-refractivity contribution is 8.14. The molecule has 27 heavy (non-hydrogen) atoms. The van der Waals surface area contributed by atoms with Gasteiger partial charge in [-0.25, -0.2) is 0 Å². The first-order chi connectivity index (χ1) is 12.7. The number of fused-ring (bicyclic) bond motifs is 2. The van der Waals surface area contributed by atoms with E-state index in [2.05, 4.69) is 26.1 Å². The van der Waals surface area contributed by atoms with Gasteiger partial charge in [0.05, 0.1) is 12.3 Å². The zero-order chi connectivity index (χ0) is 19.4. The molecule has 5 nitrogen and oxygen atoms in total. The molecule has 1 heterocycles. The first kappa shape index (κ1) is 18.5. The van der Waals surface area contributed by atoms with E-state index in [9.17, 15) is 14.4 Å². The molecule has 144 valence electrons. The molecule has 1 saturated heterocycles. The summed E-state index contributed by atoms with van der Waals surface area (Å²) in [7, 11) is 0. The van der Waals surface area contributed by atoms with Crippen LogP contribution in [0.15, 0.2) is 24.3 Å². The summed E-state index contributed by atoms with van der Waals surface area (Å²) >= 11 is 1.03.